The minimum atomic E-state index is 0.0613. The van der Waals surface area contributed by atoms with Gasteiger partial charge in [0.1, 0.15) is 17.5 Å². The first-order valence-corrected chi connectivity index (χ1v) is 7.86. The molecule has 0 radical (unpaired) electrons. The summed E-state index contributed by atoms with van der Waals surface area (Å²) in [6.45, 7) is 7.09. The zero-order chi connectivity index (χ0) is 15.1. The number of hydrogen-bond donors (Lipinski definition) is 2. The number of rotatable bonds is 6. The van der Waals surface area contributed by atoms with Crippen molar-refractivity contribution in [2.75, 3.05) is 36.4 Å². The van der Waals surface area contributed by atoms with Gasteiger partial charge in [-0.3, -0.25) is 4.79 Å². The van der Waals surface area contributed by atoms with E-state index in [0.29, 0.717) is 6.54 Å². The summed E-state index contributed by atoms with van der Waals surface area (Å²) in [5, 5.41) is 6.21. The van der Waals surface area contributed by atoms with Crippen LogP contribution in [-0.2, 0) is 11.2 Å². The fraction of sp³-hybridized carbons (Fsp3) is 0.667. The molecule has 6 nitrogen and oxygen atoms in total. The second-order valence-corrected chi connectivity index (χ2v) is 5.33. The van der Waals surface area contributed by atoms with E-state index in [2.05, 4.69) is 34.4 Å². The Hall–Kier alpha value is -1.85. The third-order valence-electron chi connectivity index (χ3n) is 3.37. The van der Waals surface area contributed by atoms with Gasteiger partial charge in [-0.25, -0.2) is 9.97 Å². The summed E-state index contributed by atoms with van der Waals surface area (Å²) in [6.07, 6.45) is 3.86. The zero-order valence-electron chi connectivity index (χ0n) is 13.0. The Morgan fingerprint density at radius 2 is 2.19 bits per heavy atom. The van der Waals surface area contributed by atoms with E-state index in [-0.39, 0.29) is 5.91 Å². The number of amides is 1. The van der Waals surface area contributed by atoms with E-state index >= 15 is 0 Å². The molecular weight excluding hydrogens is 266 g/mol. The van der Waals surface area contributed by atoms with Gasteiger partial charge in [0, 0.05) is 32.1 Å². The van der Waals surface area contributed by atoms with Crippen molar-refractivity contribution in [2.24, 2.45) is 0 Å². The summed E-state index contributed by atoms with van der Waals surface area (Å²) in [6, 6.07) is 1.95. The van der Waals surface area contributed by atoms with Crippen LogP contribution in [0.1, 0.15) is 38.9 Å². The summed E-state index contributed by atoms with van der Waals surface area (Å²) in [7, 11) is 0. The maximum absolute atomic E-state index is 11.7. The normalized spacial score (nSPS) is 15.5. The standard InChI is InChI=1S/C15H25N5O/c1-3-6-12-18-13(16-7-4-2)10-14(19-12)20-9-5-8-17-15(21)11-20/h10H,3-9,11H2,1-2H3,(H,17,21)(H,16,18,19). The number of anilines is 2. The van der Waals surface area contributed by atoms with Gasteiger partial charge in [0.2, 0.25) is 5.91 Å². The van der Waals surface area contributed by atoms with E-state index in [4.69, 9.17) is 0 Å². The van der Waals surface area contributed by atoms with E-state index in [1.807, 2.05) is 11.0 Å². The highest BCUT2D eigenvalue weighted by Crippen LogP contribution is 2.18. The Bertz CT molecular complexity index is 477. The van der Waals surface area contributed by atoms with Gasteiger partial charge in [-0.2, -0.15) is 0 Å². The van der Waals surface area contributed by atoms with Crippen molar-refractivity contribution >= 4 is 17.5 Å². The maximum Gasteiger partial charge on any atom is 0.239 e. The monoisotopic (exact) mass is 291 g/mol. The van der Waals surface area contributed by atoms with Gasteiger partial charge in [-0.15, -0.1) is 0 Å². The number of nitrogens with one attached hydrogen (secondary N) is 2. The second kappa shape index (κ2) is 7.81. The van der Waals surface area contributed by atoms with E-state index in [0.717, 1.165) is 62.8 Å². The molecule has 2 rings (SSSR count). The van der Waals surface area contributed by atoms with Gasteiger partial charge in [0.15, 0.2) is 0 Å². The van der Waals surface area contributed by atoms with Gasteiger partial charge in [0.25, 0.3) is 0 Å². The smallest absolute Gasteiger partial charge is 0.239 e. The summed E-state index contributed by atoms with van der Waals surface area (Å²) in [5.74, 6) is 2.61. The van der Waals surface area contributed by atoms with Crippen LogP contribution in [0.4, 0.5) is 11.6 Å². The molecule has 1 amide bonds. The van der Waals surface area contributed by atoms with Crippen molar-refractivity contribution in [1.29, 1.82) is 0 Å². The maximum atomic E-state index is 11.7. The first-order chi connectivity index (χ1) is 10.2. The number of aromatic nitrogens is 2. The van der Waals surface area contributed by atoms with Crippen LogP contribution in [-0.4, -0.2) is 42.1 Å². The Kier molecular flexibility index (Phi) is 5.78. The lowest BCUT2D eigenvalue weighted by atomic mass is 10.3. The Labute approximate surface area is 126 Å². The van der Waals surface area contributed by atoms with Crippen molar-refractivity contribution < 1.29 is 4.79 Å². The molecular formula is C15H25N5O. The minimum absolute atomic E-state index is 0.0613. The lowest BCUT2D eigenvalue weighted by molar-refractivity contribution is -0.119. The van der Waals surface area contributed by atoms with Gasteiger partial charge < -0.3 is 15.5 Å². The molecule has 1 aliphatic heterocycles. The SMILES string of the molecule is CCCNc1cc(N2CCCNC(=O)C2)nc(CCC)n1. The molecule has 1 aliphatic rings. The lowest BCUT2D eigenvalue weighted by Gasteiger charge is -2.21. The number of aryl methyl sites for hydroxylation is 1. The molecule has 2 heterocycles. The molecule has 0 saturated carbocycles. The number of nitrogens with zero attached hydrogens (tertiary/aromatic N) is 3. The fourth-order valence-electron chi connectivity index (χ4n) is 2.33. The zero-order valence-corrected chi connectivity index (χ0v) is 13.0. The summed E-state index contributed by atoms with van der Waals surface area (Å²) in [5.41, 5.74) is 0. The highest BCUT2D eigenvalue weighted by Gasteiger charge is 2.17. The van der Waals surface area contributed by atoms with Gasteiger partial charge in [-0.1, -0.05) is 13.8 Å². The minimum Gasteiger partial charge on any atom is -0.370 e. The van der Waals surface area contributed by atoms with E-state index in [1.54, 1.807) is 0 Å². The highest BCUT2D eigenvalue weighted by molar-refractivity contribution is 5.81. The quantitative estimate of drug-likeness (QED) is 0.832. The number of hydrogen-bond acceptors (Lipinski definition) is 5. The molecule has 0 spiro atoms. The van der Waals surface area contributed by atoms with Crippen LogP contribution in [0.5, 0.6) is 0 Å². The molecule has 1 aromatic heterocycles. The molecule has 0 aliphatic carbocycles. The first kappa shape index (κ1) is 15.5. The van der Waals surface area contributed by atoms with Crippen LogP contribution in [0.3, 0.4) is 0 Å². The second-order valence-electron chi connectivity index (χ2n) is 5.33. The third-order valence-corrected chi connectivity index (χ3v) is 3.37. The van der Waals surface area contributed by atoms with E-state index in [1.165, 1.54) is 0 Å². The van der Waals surface area contributed by atoms with Crippen molar-refractivity contribution in [3.63, 3.8) is 0 Å². The van der Waals surface area contributed by atoms with Crippen molar-refractivity contribution in [3.05, 3.63) is 11.9 Å². The predicted molar refractivity (Wildman–Crippen MR) is 84.6 cm³/mol. The Morgan fingerprint density at radius 1 is 1.33 bits per heavy atom. The molecule has 116 valence electrons. The topological polar surface area (TPSA) is 70.2 Å². The van der Waals surface area contributed by atoms with Crippen LogP contribution >= 0.6 is 0 Å². The van der Waals surface area contributed by atoms with E-state index < -0.39 is 0 Å². The van der Waals surface area contributed by atoms with Crippen LogP contribution < -0.4 is 15.5 Å². The average molecular weight is 291 g/mol. The van der Waals surface area contributed by atoms with Gasteiger partial charge in [0.05, 0.1) is 6.54 Å². The molecule has 2 N–H and O–H groups in total. The average Bonchev–Trinajstić information content (AvgIpc) is 2.70. The molecule has 0 unspecified atom stereocenters. The largest absolute Gasteiger partial charge is 0.370 e. The molecule has 1 aromatic rings. The summed E-state index contributed by atoms with van der Waals surface area (Å²) < 4.78 is 0. The lowest BCUT2D eigenvalue weighted by Crippen LogP contribution is -2.33. The van der Waals surface area contributed by atoms with Crippen LogP contribution in [0.25, 0.3) is 0 Å². The summed E-state index contributed by atoms with van der Waals surface area (Å²) in [4.78, 5) is 22.9. The first-order valence-electron chi connectivity index (χ1n) is 7.86. The molecule has 1 saturated heterocycles. The fourth-order valence-corrected chi connectivity index (χ4v) is 2.33. The predicted octanol–water partition coefficient (Wildman–Crippen LogP) is 1.58. The van der Waals surface area contributed by atoms with E-state index in [9.17, 15) is 4.79 Å². The van der Waals surface area contributed by atoms with Gasteiger partial charge in [-0.05, 0) is 19.3 Å². The molecule has 0 atom stereocenters. The van der Waals surface area contributed by atoms with Crippen molar-refractivity contribution in [3.8, 4) is 0 Å². The molecule has 0 bridgehead atoms. The molecule has 1 fully saturated rings. The van der Waals surface area contributed by atoms with Crippen LogP contribution in [0, 0.1) is 0 Å². The summed E-state index contributed by atoms with van der Waals surface area (Å²) >= 11 is 0. The van der Waals surface area contributed by atoms with Crippen molar-refractivity contribution in [1.82, 2.24) is 15.3 Å². The van der Waals surface area contributed by atoms with Gasteiger partial charge >= 0.3 is 0 Å². The Balaban J connectivity index is 2.22. The molecule has 0 aromatic carbocycles. The van der Waals surface area contributed by atoms with Crippen LogP contribution in [0.2, 0.25) is 0 Å². The molecule has 6 heteroatoms. The third kappa shape index (κ3) is 4.58. The Morgan fingerprint density at radius 3 is 2.95 bits per heavy atom. The number of carbonyl (C=O) groups excluding carboxylic acids is 1. The number of carbonyl (C=O) groups is 1. The van der Waals surface area contributed by atoms with Crippen LogP contribution in [0.15, 0.2) is 6.07 Å². The highest BCUT2D eigenvalue weighted by atomic mass is 16.2. The van der Waals surface area contributed by atoms with Crippen molar-refractivity contribution in [2.45, 2.75) is 39.5 Å². The molecule has 21 heavy (non-hydrogen) atoms.